The molecule has 3 aromatic rings. The van der Waals surface area contributed by atoms with E-state index < -0.39 is 0 Å². The van der Waals surface area contributed by atoms with Crippen molar-refractivity contribution < 1.29 is 9.59 Å². The Balaban J connectivity index is 1.38. The summed E-state index contributed by atoms with van der Waals surface area (Å²) in [6.07, 6.45) is 3.91. The van der Waals surface area contributed by atoms with Crippen molar-refractivity contribution >= 4 is 34.1 Å². The molecule has 1 aliphatic rings. The number of para-hydroxylation sites is 1. The number of nitrogens with one attached hydrogen (secondary N) is 2. The monoisotopic (exact) mass is 394 g/mol. The molecule has 2 heterocycles. The van der Waals surface area contributed by atoms with Crippen LogP contribution in [0.5, 0.6) is 0 Å². The zero-order valence-corrected chi connectivity index (χ0v) is 16.3. The minimum absolute atomic E-state index is 0.00395. The molecule has 0 aliphatic carbocycles. The lowest BCUT2D eigenvalue weighted by Gasteiger charge is -2.30. The van der Waals surface area contributed by atoms with E-state index in [9.17, 15) is 9.59 Å². The molecule has 1 saturated heterocycles. The second-order valence-corrected chi connectivity index (χ2v) is 7.79. The molecule has 2 atom stereocenters. The maximum Gasteiger partial charge on any atom is 0.165 e. The number of carbonyl (C=O) groups excluding carboxylic acids is 2. The Bertz CT molecular complexity index is 1010. The summed E-state index contributed by atoms with van der Waals surface area (Å²) in [7, 11) is 0. The van der Waals surface area contributed by atoms with Gasteiger partial charge in [0.1, 0.15) is 5.78 Å². The molecule has 1 aliphatic heterocycles. The van der Waals surface area contributed by atoms with Gasteiger partial charge in [0.15, 0.2) is 5.78 Å². The first-order valence-corrected chi connectivity index (χ1v) is 10.1. The number of rotatable bonds is 6. The van der Waals surface area contributed by atoms with Crippen LogP contribution >= 0.6 is 11.6 Å². The fraction of sp³-hybridized carbons (Fsp3) is 0.304. The fourth-order valence-corrected chi connectivity index (χ4v) is 4.39. The van der Waals surface area contributed by atoms with E-state index >= 15 is 0 Å². The number of piperidine rings is 1. The first-order chi connectivity index (χ1) is 13.6. The Hall–Kier alpha value is -2.43. The molecule has 2 unspecified atom stereocenters. The van der Waals surface area contributed by atoms with Crippen LogP contribution in [0.1, 0.15) is 47.5 Å². The highest BCUT2D eigenvalue weighted by Gasteiger charge is 2.28. The minimum Gasteiger partial charge on any atom is -0.360 e. The van der Waals surface area contributed by atoms with Crippen molar-refractivity contribution in [1.29, 1.82) is 0 Å². The molecule has 1 fully saturated rings. The largest absolute Gasteiger partial charge is 0.360 e. The van der Waals surface area contributed by atoms with E-state index in [1.165, 1.54) is 0 Å². The summed E-state index contributed by atoms with van der Waals surface area (Å²) in [5.41, 5.74) is 2.71. The molecule has 1 aromatic heterocycles. The number of aromatic amines is 1. The summed E-state index contributed by atoms with van der Waals surface area (Å²) in [5.74, 6) is 0.377. The predicted molar refractivity (Wildman–Crippen MR) is 112 cm³/mol. The van der Waals surface area contributed by atoms with Gasteiger partial charge >= 0.3 is 0 Å². The fourth-order valence-electron chi connectivity index (χ4n) is 4.10. The van der Waals surface area contributed by atoms with Crippen LogP contribution in [0, 0.1) is 0 Å². The third-order valence-corrected chi connectivity index (χ3v) is 5.97. The summed E-state index contributed by atoms with van der Waals surface area (Å²) >= 11 is 6.34. The van der Waals surface area contributed by atoms with Crippen LogP contribution in [0.25, 0.3) is 10.9 Å². The Kier molecular flexibility index (Phi) is 5.60. The van der Waals surface area contributed by atoms with Crippen LogP contribution in [-0.2, 0) is 4.79 Å². The molecule has 2 N–H and O–H groups in total. The highest BCUT2D eigenvalue weighted by molar-refractivity contribution is 6.31. The predicted octanol–water partition coefficient (Wildman–Crippen LogP) is 4.89. The number of halogens is 1. The number of carbonyl (C=O) groups is 2. The summed E-state index contributed by atoms with van der Waals surface area (Å²) in [6, 6.07) is 15.3. The van der Waals surface area contributed by atoms with Crippen molar-refractivity contribution in [1.82, 2.24) is 10.3 Å². The number of hydrogen-bond acceptors (Lipinski definition) is 3. The number of H-pyrrole nitrogens is 1. The number of benzene rings is 2. The standard InChI is InChI=1S/C23H23ClN2O2/c24-19-7-3-1-5-16(19)15-11-12-25-21(13-15)23(28)10-9-22(27)18-14-26-20-8-4-2-6-17(18)20/h1-8,14-15,21,25-26H,9-13H2. The molecular formula is C23H23ClN2O2. The molecule has 4 nitrogen and oxygen atoms in total. The summed E-state index contributed by atoms with van der Waals surface area (Å²) in [4.78, 5) is 28.5. The van der Waals surface area contributed by atoms with Gasteiger partial charge in [-0.1, -0.05) is 48.0 Å². The van der Waals surface area contributed by atoms with Crippen molar-refractivity contribution in [2.75, 3.05) is 6.54 Å². The van der Waals surface area contributed by atoms with Gasteiger partial charge in [0, 0.05) is 40.5 Å². The lowest BCUT2D eigenvalue weighted by molar-refractivity contribution is -0.121. The number of hydrogen-bond donors (Lipinski definition) is 2. The zero-order valence-electron chi connectivity index (χ0n) is 15.6. The topological polar surface area (TPSA) is 62.0 Å². The van der Waals surface area contributed by atoms with Crippen molar-refractivity contribution in [3.63, 3.8) is 0 Å². The second-order valence-electron chi connectivity index (χ2n) is 7.39. The molecule has 144 valence electrons. The molecule has 2 aromatic carbocycles. The third kappa shape index (κ3) is 3.89. The van der Waals surface area contributed by atoms with E-state index in [1.54, 1.807) is 6.20 Å². The number of Topliss-reactive ketones (excluding diaryl/α,β-unsaturated/α-hetero) is 2. The summed E-state index contributed by atoms with van der Waals surface area (Å²) in [6.45, 7) is 0.780. The van der Waals surface area contributed by atoms with E-state index in [0.717, 1.165) is 40.9 Å². The maximum absolute atomic E-state index is 12.7. The van der Waals surface area contributed by atoms with Crippen molar-refractivity contribution in [2.45, 2.75) is 37.6 Å². The number of fused-ring (bicyclic) bond motifs is 1. The van der Waals surface area contributed by atoms with Gasteiger partial charge in [-0.3, -0.25) is 9.59 Å². The molecular weight excluding hydrogens is 372 g/mol. The van der Waals surface area contributed by atoms with Gasteiger partial charge in [-0.15, -0.1) is 0 Å². The third-order valence-electron chi connectivity index (χ3n) is 5.63. The molecule has 4 rings (SSSR count). The van der Waals surface area contributed by atoms with Gasteiger partial charge in [-0.25, -0.2) is 0 Å². The summed E-state index contributed by atoms with van der Waals surface area (Å²) < 4.78 is 0. The highest BCUT2D eigenvalue weighted by Crippen LogP contribution is 2.33. The van der Waals surface area contributed by atoms with Crippen molar-refractivity contribution in [3.05, 3.63) is 70.9 Å². The minimum atomic E-state index is -0.217. The smallest absolute Gasteiger partial charge is 0.165 e. The molecule has 0 amide bonds. The summed E-state index contributed by atoms with van der Waals surface area (Å²) in [5, 5.41) is 4.99. The molecule has 0 bridgehead atoms. The molecule has 0 spiro atoms. The normalized spacial score (nSPS) is 19.6. The van der Waals surface area contributed by atoms with Gasteiger partial charge in [-0.05, 0) is 43.0 Å². The maximum atomic E-state index is 12.7. The van der Waals surface area contributed by atoms with Crippen molar-refractivity contribution in [3.8, 4) is 0 Å². The highest BCUT2D eigenvalue weighted by atomic mass is 35.5. The van der Waals surface area contributed by atoms with Crippen LogP contribution in [0.4, 0.5) is 0 Å². The quantitative estimate of drug-likeness (QED) is 0.585. The average Bonchev–Trinajstić information content (AvgIpc) is 3.16. The molecule has 5 heteroatoms. The number of ketones is 2. The van der Waals surface area contributed by atoms with Gasteiger partial charge in [0.05, 0.1) is 6.04 Å². The lowest BCUT2D eigenvalue weighted by Crippen LogP contribution is -2.43. The zero-order chi connectivity index (χ0) is 19.5. The van der Waals surface area contributed by atoms with Gasteiger partial charge in [0.2, 0.25) is 0 Å². The Morgan fingerprint density at radius 3 is 2.68 bits per heavy atom. The second kappa shape index (κ2) is 8.29. The lowest BCUT2D eigenvalue weighted by atomic mass is 9.84. The Morgan fingerprint density at radius 1 is 1.04 bits per heavy atom. The van der Waals surface area contributed by atoms with Gasteiger partial charge in [-0.2, -0.15) is 0 Å². The first-order valence-electron chi connectivity index (χ1n) is 9.73. The van der Waals surface area contributed by atoms with Crippen LogP contribution in [0.15, 0.2) is 54.7 Å². The van der Waals surface area contributed by atoms with E-state index in [0.29, 0.717) is 5.56 Å². The molecule has 28 heavy (non-hydrogen) atoms. The van der Waals surface area contributed by atoms with Gasteiger partial charge < -0.3 is 10.3 Å². The van der Waals surface area contributed by atoms with Gasteiger partial charge in [0.25, 0.3) is 0 Å². The van der Waals surface area contributed by atoms with Crippen LogP contribution in [0.2, 0.25) is 5.02 Å². The van der Waals surface area contributed by atoms with Crippen molar-refractivity contribution in [2.24, 2.45) is 0 Å². The van der Waals surface area contributed by atoms with E-state index in [4.69, 9.17) is 11.6 Å². The number of aromatic nitrogens is 1. The molecule has 0 saturated carbocycles. The van der Waals surface area contributed by atoms with E-state index in [2.05, 4.69) is 10.3 Å². The first kappa shape index (κ1) is 18.9. The van der Waals surface area contributed by atoms with Crippen LogP contribution in [-0.4, -0.2) is 29.1 Å². The van der Waals surface area contributed by atoms with Crippen LogP contribution < -0.4 is 5.32 Å². The van der Waals surface area contributed by atoms with Crippen LogP contribution in [0.3, 0.4) is 0 Å². The SMILES string of the molecule is O=C(CCC(=O)C1CC(c2ccccc2Cl)CCN1)c1c[nH]c2ccccc12. The Labute approximate surface area is 169 Å². The molecule has 0 radical (unpaired) electrons. The van der Waals surface area contributed by atoms with E-state index in [1.807, 2.05) is 48.5 Å². The average molecular weight is 395 g/mol. The van der Waals surface area contributed by atoms with E-state index in [-0.39, 0.29) is 36.4 Å². The Morgan fingerprint density at radius 2 is 1.82 bits per heavy atom.